The summed E-state index contributed by atoms with van der Waals surface area (Å²) in [5.74, 6) is 0. The number of hydrogen-bond donors (Lipinski definition) is 0. The van der Waals surface area contributed by atoms with Crippen molar-refractivity contribution in [1.29, 1.82) is 0 Å². The summed E-state index contributed by atoms with van der Waals surface area (Å²) >= 11 is 5.42. The van der Waals surface area contributed by atoms with E-state index < -0.39 is 0 Å². The molecule has 0 aliphatic rings. The van der Waals surface area contributed by atoms with E-state index in [0.29, 0.717) is 0 Å². The first kappa shape index (κ1) is 6.46. The molecule has 0 saturated carbocycles. The zero-order valence-electron chi connectivity index (χ0n) is 5.11. The van der Waals surface area contributed by atoms with Crippen molar-refractivity contribution in [3.8, 4) is 9.07 Å². The monoisotopic (exact) mass is 185 g/mol. The Balaban J connectivity index is 2.48. The minimum Gasteiger partial charge on any atom is -0.138 e. The molecular weight excluding hydrogens is 180 g/mol. The van der Waals surface area contributed by atoms with E-state index in [1.54, 1.807) is 11.3 Å². The first-order chi connectivity index (χ1) is 4.97. The Hall–Kier alpha value is -0.250. The van der Waals surface area contributed by atoms with Crippen LogP contribution in [0.25, 0.3) is 9.07 Å². The van der Waals surface area contributed by atoms with Crippen molar-refractivity contribution in [2.24, 2.45) is 0 Å². The maximum Gasteiger partial charge on any atom is 0.294 e. The lowest BCUT2D eigenvalue weighted by molar-refractivity contribution is 2.02. The van der Waals surface area contributed by atoms with Crippen LogP contribution in [0.3, 0.4) is 0 Å². The van der Waals surface area contributed by atoms with Gasteiger partial charge in [0.15, 0.2) is 0 Å². The van der Waals surface area contributed by atoms with E-state index in [-0.39, 0.29) is 0 Å². The molecule has 2 aromatic rings. The summed E-state index contributed by atoms with van der Waals surface area (Å²) in [5, 5.41) is 6.36. The van der Waals surface area contributed by atoms with Crippen molar-refractivity contribution in [2.45, 2.75) is 0 Å². The van der Waals surface area contributed by atoms with Gasteiger partial charge < -0.3 is 0 Å². The van der Waals surface area contributed by atoms with Crippen molar-refractivity contribution in [3.63, 3.8) is 0 Å². The summed E-state index contributed by atoms with van der Waals surface area (Å²) < 4.78 is 1.41. The van der Waals surface area contributed by atoms with Gasteiger partial charge in [-0.1, -0.05) is 6.07 Å². The molecule has 2 aromatic heterocycles. The normalized spacial score (nSPS) is 10.0. The molecule has 0 unspecified atom stereocenters. The molecule has 0 N–H and O–H groups in total. The minimum absolute atomic E-state index is 1.39. The molecule has 0 spiro atoms. The number of thiophene rings is 1. The van der Waals surface area contributed by atoms with Crippen LogP contribution in [0.15, 0.2) is 28.3 Å². The second kappa shape index (κ2) is 2.78. The molecule has 0 bridgehead atoms. The fourth-order valence-corrected chi connectivity index (χ4v) is 3.47. The van der Waals surface area contributed by atoms with E-state index in [2.05, 4.69) is 28.3 Å². The highest BCUT2D eigenvalue weighted by Gasteiger charge is 2.09. The fraction of sp³-hybridized carbons (Fsp3) is 0. The van der Waals surface area contributed by atoms with Crippen LogP contribution in [0.5, 0.6) is 0 Å². The van der Waals surface area contributed by atoms with Crippen molar-refractivity contribution < 1.29 is 0 Å². The predicted octanol–water partition coefficient (Wildman–Crippen LogP) is 3.82. The summed E-state index contributed by atoms with van der Waals surface area (Å²) in [6.45, 7) is 0. The van der Waals surface area contributed by atoms with Crippen LogP contribution < -0.4 is 0 Å². The Labute approximate surface area is 71.4 Å². The van der Waals surface area contributed by atoms with Gasteiger partial charge in [-0.15, -0.1) is 11.3 Å². The van der Waals surface area contributed by atoms with Crippen LogP contribution in [-0.2, 0) is 0 Å². The molecule has 0 radical (unpaired) electrons. The van der Waals surface area contributed by atoms with E-state index in [1.807, 2.05) is 22.7 Å². The van der Waals surface area contributed by atoms with Crippen LogP contribution in [0, 0.1) is 0 Å². The van der Waals surface area contributed by atoms with Gasteiger partial charge >= 0.3 is 0 Å². The maximum atomic E-state index is 2.16. The van der Waals surface area contributed by atoms with Crippen LogP contribution in [0.2, 0.25) is 0 Å². The highest BCUT2D eigenvalue weighted by molar-refractivity contribution is 7.36. The molecule has 0 atom stereocenters. The van der Waals surface area contributed by atoms with E-state index >= 15 is 0 Å². The first-order valence-corrected chi connectivity index (χ1v) is 5.50. The van der Waals surface area contributed by atoms with Crippen LogP contribution >= 0.6 is 34.0 Å². The topological polar surface area (TPSA) is 0 Å². The third-order valence-electron chi connectivity index (χ3n) is 1.13. The third kappa shape index (κ3) is 1.12. The molecule has 0 saturated heterocycles. The Morgan fingerprint density at radius 3 is 2.80 bits per heavy atom. The summed E-state index contributed by atoms with van der Waals surface area (Å²) in [5.41, 5.74) is 0. The van der Waals surface area contributed by atoms with Crippen molar-refractivity contribution in [1.82, 2.24) is 0 Å². The average Bonchev–Trinajstić information content (AvgIpc) is 2.59. The highest BCUT2D eigenvalue weighted by Crippen LogP contribution is 2.32. The van der Waals surface area contributed by atoms with E-state index in [1.165, 1.54) is 9.07 Å². The molecule has 0 fully saturated rings. The Bertz CT molecular complexity index is 248. The second-order valence-electron chi connectivity index (χ2n) is 1.77. The van der Waals surface area contributed by atoms with Crippen LogP contribution in [-0.4, -0.2) is 0 Å². The zero-order valence-corrected chi connectivity index (χ0v) is 7.56. The lowest BCUT2D eigenvalue weighted by atomic mass is 10.5. The largest absolute Gasteiger partial charge is 0.294 e. The highest BCUT2D eigenvalue weighted by atomic mass is 32.2. The fourth-order valence-electron chi connectivity index (χ4n) is 0.718. The molecular formula is C7H5S3+. The standard InChI is InChI=1S/C7H5S3/c1-2-6(8-3-1)7-9-4-5-10-7/h1-5H/q+1. The van der Waals surface area contributed by atoms with Gasteiger partial charge in [-0.3, -0.25) is 0 Å². The molecule has 50 valence electrons. The third-order valence-corrected chi connectivity index (χ3v) is 4.44. The average molecular weight is 185 g/mol. The van der Waals surface area contributed by atoms with Gasteiger partial charge in [0.05, 0.1) is 22.7 Å². The summed E-state index contributed by atoms with van der Waals surface area (Å²) in [4.78, 5) is 1.39. The Morgan fingerprint density at radius 2 is 2.20 bits per heavy atom. The molecule has 0 aliphatic carbocycles. The zero-order chi connectivity index (χ0) is 6.81. The molecule has 2 heterocycles. The van der Waals surface area contributed by atoms with Crippen LogP contribution in [0.1, 0.15) is 0 Å². The van der Waals surface area contributed by atoms with Crippen molar-refractivity contribution >= 4 is 34.0 Å². The van der Waals surface area contributed by atoms with Gasteiger partial charge in [0.1, 0.15) is 15.6 Å². The first-order valence-electron chi connectivity index (χ1n) is 2.86. The number of hydrogen-bond acceptors (Lipinski definition) is 2. The quantitative estimate of drug-likeness (QED) is 0.592. The molecule has 10 heavy (non-hydrogen) atoms. The Kier molecular flexibility index (Phi) is 1.80. The molecule has 0 aliphatic heterocycles. The van der Waals surface area contributed by atoms with Gasteiger partial charge in [-0.2, -0.15) is 0 Å². The van der Waals surface area contributed by atoms with E-state index in [0.717, 1.165) is 0 Å². The minimum atomic E-state index is 1.39. The van der Waals surface area contributed by atoms with E-state index in [9.17, 15) is 0 Å². The molecule has 0 amide bonds. The second-order valence-corrected chi connectivity index (χ2v) is 4.81. The number of rotatable bonds is 1. The van der Waals surface area contributed by atoms with Gasteiger partial charge in [0.2, 0.25) is 0 Å². The predicted molar refractivity (Wildman–Crippen MR) is 49.9 cm³/mol. The summed E-state index contributed by atoms with van der Waals surface area (Å²) in [7, 11) is 0. The van der Waals surface area contributed by atoms with Gasteiger partial charge in [-0.25, -0.2) is 0 Å². The van der Waals surface area contributed by atoms with Crippen molar-refractivity contribution in [3.05, 3.63) is 28.3 Å². The lowest BCUT2D eigenvalue weighted by Gasteiger charge is -1.73. The van der Waals surface area contributed by atoms with Gasteiger partial charge in [-0.05, 0) is 11.4 Å². The Morgan fingerprint density at radius 1 is 1.20 bits per heavy atom. The molecule has 0 aromatic carbocycles. The lowest BCUT2D eigenvalue weighted by Crippen LogP contribution is -1.51. The molecule has 0 nitrogen and oxygen atoms in total. The van der Waals surface area contributed by atoms with Crippen LogP contribution in [0.4, 0.5) is 0 Å². The van der Waals surface area contributed by atoms with E-state index in [4.69, 9.17) is 0 Å². The molecule has 2 rings (SSSR count). The van der Waals surface area contributed by atoms with Crippen molar-refractivity contribution in [2.75, 3.05) is 0 Å². The summed E-state index contributed by atoms with van der Waals surface area (Å²) in [6, 6.07) is 4.25. The SMILES string of the molecule is c1csc(-c2scc[s+]2)c1. The molecule has 3 heteroatoms. The maximum absolute atomic E-state index is 2.16. The summed E-state index contributed by atoms with van der Waals surface area (Å²) in [6.07, 6.45) is 0. The van der Waals surface area contributed by atoms with Gasteiger partial charge in [0.25, 0.3) is 4.19 Å². The van der Waals surface area contributed by atoms with Gasteiger partial charge in [0, 0.05) is 0 Å². The smallest absolute Gasteiger partial charge is 0.138 e.